The van der Waals surface area contributed by atoms with E-state index in [1.165, 1.54) is 0 Å². The van der Waals surface area contributed by atoms with Gasteiger partial charge in [0.05, 0.1) is 6.04 Å². The third-order valence-electron chi connectivity index (χ3n) is 2.42. The van der Waals surface area contributed by atoms with Gasteiger partial charge in [0.15, 0.2) is 0 Å². The van der Waals surface area contributed by atoms with Crippen LogP contribution in [0.25, 0.3) is 0 Å². The smallest absolute Gasteiger partial charge is 0.251 e. The maximum atomic E-state index is 11.3. The van der Waals surface area contributed by atoms with Crippen LogP contribution in [0.4, 0.5) is 0 Å². The maximum Gasteiger partial charge on any atom is 0.251 e. The molecule has 0 aromatic carbocycles. The van der Waals surface area contributed by atoms with Crippen LogP contribution in [0, 0.1) is 0 Å². The van der Waals surface area contributed by atoms with E-state index in [1.54, 1.807) is 23.3 Å². The molecule has 0 aliphatic carbocycles. The van der Waals surface area contributed by atoms with Crippen molar-refractivity contribution in [3.8, 4) is 0 Å². The molecule has 1 saturated heterocycles. The van der Waals surface area contributed by atoms with E-state index in [0.29, 0.717) is 6.42 Å². The Kier molecular flexibility index (Phi) is 2.09. The number of likely N-dealkylation sites (tertiary alicyclic amines) is 1. The molecule has 1 aromatic heterocycles. The monoisotopic (exact) mass is 197 g/mol. The fraction of sp³-hybridized carbons (Fsp3) is 0.444. The fourth-order valence-corrected chi connectivity index (χ4v) is 2.53. The van der Waals surface area contributed by atoms with Crippen LogP contribution in [-0.2, 0) is 4.79 Å². The van der Waals surface area contributed by atoms with Crippen molar-refractivity contribution >= 4 is 17.2 Å². The number of aliphatic hydroxyl groups is 1. The second kappa shape index (κ2) is 3.12. The summed E-state index contributed by atoms with van der Waals surface area (Å²) >= 11 is 1.62. The molecule has 1 N–H and O–H groups in total. The Hall–Kier alpha value is -0.870. The number of hydrogen-bond donors (Lipinski definition) is 1. The zero-order valence-corrected chi connectivity index (χ0v) is 8.12. The van der Waals surface area contributed by atoms with Gasteiger partial charge in [0, 0.05) is 18.3 Å². The second-order valence-electron chi connectivity index (χ2n) is 3.23. The largest absolute Gasteiger partial charge is 0.383 e. The standard InChI is InChI=1S/C9H11NO2S/c1-10-6(5-7(11)9(10)12)8-3-2-4-13-8/h2-4,6-7,11H,5H2,1H3/t6-,7+/m0/s1. The van der Waals surface area contributed by atoms with Crippen LogP contribution in [0.15, 0.2) is 17.5 Å². The Morgan fingerprint density at radius 2 is 2.46 bits per heavy atom. The summed E-state index contributed by atoms with van der Waals surface area (Å²) in [5.41, 5.74) is 0. The minimum atomic E-state index is -0.808. The summed E-state index contributed by atoms with van der Waals surface area (Å²) in [6, 6.07) is 4.03. The van der Waals surface area contributed by atoms with E-state index in [4.69, 9.17) is 0 Å². The average Bonchev–Trinajstić information content (AvgIpc) is 2.70. The summed E-state index contributed by atoms with van der Waals surface area (Å²) in [5.74, 6) is -0.168. The highest BCUT2D eigenvalue weighted by atomic mass is 32.1. The van der Waals surface area contributed by atoms with Crippen molar-refractivity contribution in [3.63, 3.8) is 0 Å². The van der Waals surface area contributed by atoms with Crippen molar-refractivity contribution in [1.82, 2.24) is 4.90 Å². The van der Waals surface area contributed by atoms with Gasteiger partial charge in [-0.2, -0.15) is 0 Å². The predicted molar refractivity (Wildman–Crippen MR) is 50.5 cm³/mol. The molecule has 1 amide bonds. The first-order chi connectivity index (χ1) is 6.20. The molecule has 0 unspecified atom stereocenters. The minimum absolute atomic E-state index is 0.0718. The van der Waals surface area contributed by atoms with Crippen LogP contribution in [0.3, 0.4) is 0 Å². The van der Waals surface area contributed by atoms with E-state index < -0.39 is 6.10 Å². The average molecular weight is 197 g/mol. The molecule has 3 nitrogen and oxygen atoms in total. The lowest BCUT2D eigenvalue weighted by Crippen LogP contribution is -2.26. The van der Waals surface area contributed by atoms with Gasteiger partial charge < -0.3 is 10.0 Å². The molecular formula is C9H11NO2S. The van der Waals surface area contributed by atoms with Gasteiger partial charge in [-0.1, -0.05) is 6.07 Å². The lowest BCUT2D eigenvalue weighted by molar-refractivity contribution is -0.134. The summed E-state index contributed by atoms with van der Waals surface area (Å²) in [5, 5.41) is 11.3. The quantitative estimate of drug-likeness (QED) is 0.730. The molecule has 0 bridgehead atoms. The lowest BCUT2D eigenvalue weighted by atomic mass is 10.1. The van der Waals surface area contributed by atoms with E-state index in [1.807, 2.05) is 17.5 Å². The van der Waals surface area contributed by atoms with Crippen LogP contribution in [0.1, 0.15) is 17.3 Å². The Morgan fingerprint density at radius 1 is 1.69 bits per heavy atom. The van der Waals surface area contributed by atoms with E-state index in [0.717, 1.165) is 4.88 Å². The third-order valence-corrected chi connectivity index (χ3v) is 3.39. The number of carbonyl (C=O) groups is 1. The molecule has 4 heteroatoms. The molecule has 2 heterocycles. The van der Waals surface area contributed by atoms with Gasteiger partial charge in [-0.3, -0.25) is 4.79 Å². The van der Waals surface area contributed by atoms with Gasteiger partial charge in [0.1, 0.15) is 6.10 Å². The third kappa shape index (κ3) is 1.36. The zero-order chi connectivity index (χ0) is 9.42. The molecule has 0 radical (unpaired) electrons. The number of amides is 1. The summed E-state index contributed by atoms with van der Waals surface area (Å²) in [6.45, 7) is 0. The molecule has 0 spiro atoms. The van der Waals surface area contributed by atoms with Crippen LogP contribution in [-0.4, -0.2) is 29.1 Å². The molecule has 1 aliphatic heterocycles. The van der Waals surface area contributed by atoms with E-state index in [9.17, 15) is 9.90 Å². The van der Waals surface area contributed by atoms with Crippen LogP contribution >= 0.6 is 11.3 Å². The van der Waals surface area contributed by atoms with Gasteiger partial charge in [-0.05, 0) is 11.4 Å². The molecule has 13 heavy (non-hydrogen) atoms. The van der Waals surface area contributed by atoms with Crippen molar-refractivity contribution in [1.29, 1.82) is 0 Å². The first-order valence-corrected chi connectivity index (χ1v) is 5.06. The SMILES string of the molecule is CN1C(=O)[C@H](O)C[C@H]1c1cccs1. The summed E-state index contributed by atoms with van der Waals surface area (Å²) < 4.78 is 0. The normalized spacial score (nSPS) is 28.5. The number of likely N-dealkylation sites (N-methyl/N-ethyl adjacent to an activating group) is 1. The topological polar surface area (TPSA) is 40.5 Å². The number of nitrogens with zero attached hydrogens (tertiary/aromatic N) is 1. The Morgan fingerprint density at radius 3 is 2.92 bits per heavy atom. The highest BCUT2D eigenvalue weighted by Crippen LogP contribution is 2.33. The highest BCUT2D eigenvalue weighted by Gasteiger charge is 2.36. The molecule has 0 saturated carbocycles. The van der Waals surface area contributed by atoms with E-state index in [2.05, 4.69) is 0 Å². The summed E-state index contributed by atoms with van der Waals surface area (Å²) in [6.07, 6.45) is -0.285. The van der Waals surface area contributed by atoms with Gasteiger partial charge in [0.25, 0.3) is 5.91 Å². The second-order valence-corrected chi connectivity index (χ2v) is 4.21. The number of aliphatic hydroxyl groups excluding tert-OH is 1. The van der Waals surface area contributed by atoms with Gasteiger partial charge in [0.2, 0.25) is 0 Å². The molecule has 1 aliphatic rings. The number of rotatable bonds is 1. The first kappa shape index (κ1) is 8.72. The first-order valence-electron chi connectivity index (χ1n) is 4.18. The molecule has 2 rings (SSSR count). The number of carbonyl (C=O) groups excluding carboxylic acids is 1. The maximum absolute atomic E-state index is 11.3. The number of hydrogen-bond acceptors (Lipinski definition) is 3. The Labute approximate surface area is 80.6 Å². The van der Waals surface area contributed by atoms with Crippen molar-refractivity contribution in [3.05, 3.63) is 22.4 Å². The lowest BCUT2D eigenvalue weighted by Gasteiger charge is -2.17. The molecule has 1 aromatic rings. The van der Waals surface area contributed by atoms with E-state index >= 15 is 0 Å². The fourth-order valence-electron chi connectivity index (χ4n) is 1.65. The van der Waals surface area contributed by atoms with Gasteiger partial charge in [-0.25, -0.2) is 0 Å². The Balaban J connectivity index is 2.23. The highest BCUT2D eigenvalue weighted by molar-refractivity contribution is 7.10. The summed E-state index contributed by atoms with van der Waals surface area (Å²) in [4.78, 5) is 14.1. The molecule has 2 atom stereocenters. The van der Waals surface area contributed by atoms with Gasteiger partial charge in [-0.15, -0.1) is 11.3 Å². The van der Waals surface area contributed by atoms with Crippen molar-refractivity contribution in [2.24, 2.45) is 0 Å². The predicted octanol–water partition coefficient (Wildman–Crippen LogP) is 1.01. The van der Waals surface area contributed by atoms with Crippen LogP contribution in [0.5, 0.6) is 0 Å². The molecule has 70 valence electrons. The minimum Gasteiger partial charge on any atom is -0.383 e. The van der Waals surface area contributed by atoms with Crippen molar-refractivity contribution in [2.75, 3.05) is 7.05 Å². The van der Waals surface area contributed by atoms with Crippen LogP contribution < -0.4 is 0 Å². The van der Waals surface area contributed by atoms with Crippen LogP contribution in [0.2, 0.25) is 0 Å². The van der Waals surface area contributed by atoms with E-state index in [-0.39, 0.29) is 11.9 Å². The zero-order valence-electron chi connectivity index (χ0n) is 7.30. The summed E-state index contributed by atoms with van der Waals surface area (Å²) in [7, 11) is 1.74. The van der Waals surface area contributed by atoms with Crippen molar-refractivity contribution in [2.45, 2.75) is 18.6 Å². The van der Waals surface area contributed by atoms with Crippen molar-refractivity contribution < 1.29 is 9.90 Å². The number of thiophene rings is 1. The Bertz CT molecular complexity index is 309. The molecular weight excluding hydrogens is 186 g/mol. The van der Waals surface area contributed by atoms with Gasteiger partial charge >= 0.3 is 0 Å². The molecule has 1 fully saturated rings.